The third-order valence-corrected chi connectivity index (χ3v) is 4.84. The highest BCUT2D eigenvalue weighted by atomic mass is 19.1. The maximum atomic E-state index is 12.9. The first kappa shape index (κ1) is 21.0. The van der Waals surface area contributed by atoms with Crippen LogP contribution in [0.3, 0.4) is 0 Å². The SMILES string of the molecule is CC(C)CNC(=O)NCC1CCC(CNC(=O)Nc2ccc(F)cc2)CC1. The van der Waals surface area contributed by atoms with Gasteiger partial charge in [0.2, 0.25) is 0 Å². The average molecular weight is 378 g/mol. The molecule has 1 saturated carbocycles. The van der Waals surface area contributed by atoms with E-state index < -0.39 is 0 Å². The van der Waals surface area contributed by atoms with E-state index in [-0.39, 0.29) is 17.9 Å². The number of rotatable bonds is 7. The van der Waals surface area contributed by atoms with E-state index in [4.69, 9.17) is 0 Å². The van der Waals surface area contributed by atoms with Crippen molar-refractivity contribution in [3.8, 4) is 0 Å². The highest BCUT2D eigenvalue weighted by molar-refractivity contribution is 5.89. The third kappa shape index (κ3) is 8.28. The van der Waals surface area contributed by atoms with Crippen LogP contribution in [0.1, 0.15) is 39.5 Å². The Morgan fingerprint density at radius 3 is 1.96 bits per heavy atom. The minimum absolute atomic E-state index is 0.0926. The summed E-state index contributed by atoms with van der Waals surface area (Å²) >= 11 is 0. The van der Waals surface area contributed by atoms with Crippen LogP contribution in [-0.2, 0) is 0 Å². The van der Waals surface area contributed by atoms with Crippen LogP contribution in [0, 0.1) is 23.6 Å². The smallest absolute Gasteiger partial charge is 0.319 e. The number of urea groups is 2. The molecule has 1 aromatic rings. The van der Waals surface area contributed by atoms with Gasteiger partial charge in [-0.3, -0.25) is 0 Å². The summed E-state index contributed by atoms with van der Waals surface area (Å²) < 4.78 is 12.9. The highest BCUT2D eigenvalue weighted by Gasteiger charge is 2.22. The van der Waals surface area contributed by atoms with E-state index in [2.05, 4.69) is 35.1 Å². The molecule has 1 aliphatic rings. The van der Waals surface area contributed by atoms with Crippen molar-refractivity contribution in [3.63, 3.8) is 0 Å². The van der Waals surface area contributed by atoms with Crippen molar-refractivity contribution >= 4 is 17.7 Å². The second-order valence-electron chi connectivity index (χ2n) is 7.71. The molecule has 0 atom stereocenters. The summed E-state index contributed by atoms with van der Waals surface area (Å²) in [5, 5.41) is 11.4. The Morgan fingerprint density at radius 1 is 0.926 bits per heavy atom. The Kier molecular flexibility index (Phi) is 8.36. The molecule has 7 heteroatoms. The molecule has 0 bridgehead atoms. The number of anilines is 1. The molecule has 0 heterocycles. The number of hydrogen-bond donors (Lipinski definition) is 4. The van der Waals surface area contributed by atoms with Gasteiger partial charge in [-0.15, -0.1) is 0 Å². The Labute approximate surface area is 160 Å². The summed E-state index contributed by atoms with van der Waals surface area (Å²) in [5.41, 5.74) is 0.569. The van der Waals surface area contributed by atoms with Crippen LogP contribution in [0.4, 0.5) is 19.7 Å². The Bertz CT molecular complexity index is 599. The first-order chi connectivity index (χ1) is 12.9. The number of halogens is 1. The molecule has 0 aliphatic heterocycles. The van der Waals surface area contributed by atoms with Crippen LogP contribution in [0.25, 0.3) is 0 Å². The summed E-state index contributed by atoms with van der Waals surface area (Å²) in [4.78, 5) is 23.6. The molecule has 0 saturated heterocycles. The zero-order valence-electron chi connectivity index (χ0n) is 16.2. The van der Waals surface area contributed by atoms with Gasteiger partial charge in [0.25, 0.3) is 0 Å². The second kappa shape index (κ2) is 10.7. The van der Waals surface area contributed by atoms with Gasteiger partial charge in [-0.1, -0.05) is 13.8 Å². The van der Waals surface area contributed by atoms with Crippen LogP contribution >= 0.6 is 0 Å². The van der Waals surface area contributed by atoms with Gasteiger partial charge in [0.1, 0.15) is 5.82 Å². The molecule has 2 rings (SSSR count). The minimum atomic E-state index is -0.329. The number of carbonyl (C=O) groups is 2. The number of carbonyl (C=O) groups excluding carboxylic acids is 2. The number of hydrogen-bond acceptors (Lipinski definition) is 2. The maximum Gasteiger partial charge on any atom is 0.319 e. The van der Waals surface area contributed by atoms with Gasteiger partial charge in [0.15, 0.2) is 0 Å². The van der Waals surface area contributed by atoms with Crippen molar-refractivity contribution in [3.05, 3.63) is 30.1 Å². The van der Waals surface area contributed by atoms with Gasteiger partial charge in [0, 0.05) is 25.3 Å². The van der Waals surface area contributed by atoms with Crippen molar-refractivity contribution in [2.24, 2.45) is 17.8 Å². The van der Waals surface area contributed by atoms with Gasteiger partial charge in [-0.2, -0.15) is 0 Å². The Morgan fingerprint density at radius 2 is 1.44 bits per heavy atom. The Hall–Kier alpha value is -2.31. The van der Waals surface area contributed by atoms with Crippen LogP contribution in [0.2, 0.25) is 0 Å². The quantitative estimate of drug-likeness (QED) is 0.583. The summed E-state index contributed by atoms with van der Waals surface area (Å²) in [7, 11) is 0. The molecule has 0 aromatic heterocycles. The predicted octanol–water partition coefficient (Wildman–Crippen LogP) is 3.71. The van der Waals surface area contributed by atoms with Crippen molar-refractivity contribution in [1.29, 1.82) is 0 Å². The fourth-order valence-corrected chi connectivity index (χ4v) is 3.18. The number of amides is 4. The zero-order valence-corrected chi connectivity index (χ0v) is 16.2. The summed E-state index contributed by atoms with van der Waals surface area (Å²) in [6.07, 6.45) is 4.18. The molecule has 1 aromatic carbocycles. The Balaban J connectivity index is 1.58. The van der Waals surface area contributed by atoms with Gasteiger partial charge in [-0.05, 0) is 67.7 Å². The van der Waals surface area contributed by atoms with Gasteiger partial charge >= 0.3 is 12.1 Å². The van der Waals surface area contributed by atoms with Crippen molar-refractivity contribution in [1.82, 2.24) is 16.0 Å². The van der Waals surface area contributed by atoms with Gasteiger partial charge < -0.3 is 21.3 Å². The van der Waals surface area contributed by atoms with Crippen LogP contribution < -0.4 is 21.3 Å². The topological polar surface area (TPSA) is 82.3 Å². The van der Waals surface area contributed by atoms with E-state index in [1.54, 1.807) is 0 Å². The van der Waals surface area contributed by atoms with Crippen molar-refractivity contribution in [2.45, 2.75) is 39.5 Å². The van der Waals surface area contributed by atoms with Crippen LogP contribution in [0.5, 0.6) is 0 Å². The standard InChI is InChI=1S/C20H31FN4O2/c1-14(2)11-22-19(26)23-12-15-3-5-16(6-4-15)13-24-20(27)25-18-9-7-17(21)8-10-18/h7-10,14-16H,3-6,11-13H2,1-2H3,(H2,22,23,26)(H2,24,25,27). The molecule has 0 radical (unpaired) electrons. The lowest BCUT2D eigenvalue weighted by Crippen LogP contribution is -2.41. The van der Waals surface area contributed by atoms with E-state index in [0.29, 0.717) is 43.1 Å². The van der Waals surface area contributed by atoms with Gasteiger partial charge in [0.05, 0.1) is 0 Å². The highest BCUT2D eigenvalue weighted by Crippen LogP contribution is 2.27. The molecule has 1 fully saturated rings. The van der Waals surface area contributed by atoms with Crippen LogP contribution in [0.15, 0.2) is 24.3 Å². The average Bonchev–Trinajstić information content (AvgIpc) is 2.65. The first-order valence-corrected chi connectivity index (χ1v) is 9.74. The molecule has 27 heavy (non-hydrogen) atoms. The van der Waals surface area contributed by atoms with E-state index in [1.807, 2.05) is 0 Å². The molecule has 4 N–H and O–H groups in total. The molecule has 1 aliphatic carbocycles. The third-order valence-electron chi connectivity index (χ3n) is 4.84. The van der Waals surface area contributed by atoms with Gasteiger partial charge in [-0.25, -0.2) is 14.0 Å². The molecule has 0 spiro atoms. The van der Waals surface area contributed by atoms with E-state index in [1.165, 1.54) is 24.3 Å². The lowest BCUT2D eigenvalue weighted by atomic mass is 9.82. The predicted molar refractivity (Wildman–Crippen MR) is 105 cm³/mol. The van der Waals surface area contributed by atoms with Crippen LogP contribution in [-0.4, -0.2) is 31.7 Å². The lowest BCUT2D eigenvalue weighted by Gasteiger charge is -2.28. The summed E-state index contributed by atoms with van der Waals surface area (Å²) in [5.74, 6) is 1.07. The monoisotopic (exact) mass is 378 g/mol. The normalized spacial score (nSPS) is 19.4. The van der Waals surface area contributed by atoms with Crippen molar-refractivity contribution in [2.75, 3.05) is 25.0 Å². The molecule has 0 unspecified atom stereocenters. The fourth-order valence-electron chi connectivity index (χ4n) is 3.18. The minimum Gasteiger partial charge on any atom is -0.338 e. The molecule has 150 valence electrons. The summed E-state index contributed by atoms with van der Waals surface area (Å²) in [6, 6.07) is 5.33. The molecule has 6 nitrogen and oxygen atoms in total. The zero-order chi connectivity index (χ0) is 19.6. The lowest BCUT2D eigenvalue weighted by molar-refractivity contribution is 0.226. The largest absolute Gasteiger partial charge is 0.338 e. The second-order valence-corrected chi connectivity index (χ2v) is 7.71. The van der Waals surface area contributed by atoms with E-state index in [9.17, 15) is 14.0 Å². The fraction of sp³-hybridized carbons (Fsp3) is 0.600. The van der Waals surface area contributed by atoms with E-state index in [0.717, 1.165) is 25.7 Å². The summed E-state index contributed by atoms with van der Waals surface area (Å²) in [6.45, 7) is 6.15. The molecule has 4 amide bonds. The van der Waals surface area contributed by atoms with E-state index >= 15 is 0 Å². The molecular formula is C20H31FN4O2. The maximum absolute atomic E-state index is 12.9. The molecular weight excluding hydrogens is 347 g/mol. The number of nitrogens with one attached hydrogen (secondary N) is 4. The first-order valence-electron chi connectivity index (χ1n) is 9.74. The van der Waals surface area contributed by atoms with Crippen molar-refractivity contribution < 1.29 is 14.0 Å². The number of benzene rings is 1.